The Morgan fingerprint density at radius 1 is 1.00 bits per heavy atom. The van der Waals surface area contributed by atoms with Crippen LogP contribution in [0.3, 0.4) is 0 Å². The van der Waals surface area contributed by atoms with Crippen LogP contribution >= 0.6 is 0 Å². The molecule has 3 atom stereocenters. The molecule has 3 unspecified atom stereocenters. The van der Waals surface area contributed by atoms with Gasteiger partial charge in [0.1, 0.15) is 12.3 Å². The van der Waals surface area contributed by atoms with Crippen LogP contribution in [0, 0.1) is 0 Å². The summed E-state index contributed by atoms with van der Waals surface area (Å²) in [6.45, 7) is 3.49. The molecule has 4 aromatic rings. The molecule has 1 aromatic heterocycles. The fourth-order valence-corrected chi connectivity index (χ4v) is 5.45. The number of carbonyl (C=O) groups is 1. The lowest BCUT2D eigenvalue weighted by Gasteiger charge is -2.14. The largest absolute Gasteiger partial charge is 0.394 e. The third-order valence-electron chi connectivity index (χ3n) is 7.84. The zero-order chi connectivity index (χ0) is 32.3. The van der Waals surface area contributed by atoms with Gasteiger partial charge >= 0.3 is 5.69 Å². The molecule has 3 aromatic carbocycles. The lowest BCUT2D eigenvalue weighted by Crippen LogP contribution is -2.33. The summed E-state index contributed by atoms with van der Waals surface area (Å²) in [6, 6.07) is 19.0. The van der Waals surface area contributed by atoms with Gasteiger partial charge in [0.05, 0.1) is 38.1 Å². The third kappa shape index (κ3) is 8.55. The van der Waals surface area contributed by atoms with Crippen LogP contribution in [-0.4, -0.2) is 83.9 Å². The van der Waals surface area contributed by atoms with Crippen LogP contribution in [0.2, 0.25) is 0 Å². The highest BCUT2D eigenvalue weighted by Crippen LogP contribution is 2.29. The van der Waals surface area contributed by atoms with E-state index in [2.05, 4.69) is 70.2 Å². The van der Waals surface area contributed by atoms with E-state index in [1.165, 1.54) is 45.5 Å². The van der Waals surface area contributed by atoms with Crippen molar-refractivity contribution >= 4 is 33.5 Å². The number of hydrogen-bond acceptors (Lipinski definition) is 9. The predicted molar refractivity (Wildman–Crippen MR) is 174 cm³/mol. The van der Waals surface area contributed by atoms with Crippen LogP contribution in [0.5, 0.6) is 0 Å². The van der Waals surface area contributed by atoms with Gasteiger partial charge in [-0.2, -0.15) is 0 Å². The average Bonchev–Trinajstić information content (AvgIpc) is 3.44. The Balaban J connectivity index is 0.942. The molecule has 0 aliphatic carbocycles. The molecule has 244 valence electrons. The van der Waals surface area contributed by atoms with E-state index in [0.29, 0.717) is 52.5 Å². The Labute approximate surface area is 265 Å². The smallest absolute Gasteiger partial charge is 0.330 e. The molecule has 1 fully saturated rings. The minimum atomic E-state index is -0.938. The van der Waals surface area contributed by atoms with Gasteiger partial charge in [-0.3, -0.25) is 19.1 Å². The third-order valence-corrected chi connectivity index (χ3v) is 7.84. The maximum absolute atomic E-state index is 12.2. The van der Waals surface area contributed by atoms with Crippen LogP contribution < -0.4 is 21.9 Å². The molecule has 0 spiro atoms. The molecule has 2 heterocycles. The fourth-order valence-electron chi connectivity index (χ4n) is 5.45. The number of fused-ring (bicyclic) bond motifs is 2. The highest BCUT2D eigenvalue weighted by atomic mass is 16.5. The van der Waals surface area contributed by atoms with E-state index in [4.69, 9.17) is 14.2 Å². The number of hydrogen-bond donors (Lipinski definition) is 5. The van der Waals surface area contributed by atoms with Crippen molar-refractivity contribution in [3.05, 3.63) is 98.8 Å². The number of aromatic nitrogens is 2. The first kappa shape index (κ1) is 33.2. The van der Waals surface area contributed by atoms with Gasteiger partial charge in [-0.1, -0.05) is 48.5 Å². The predicted octanol–water partition coefficient (Wildman–Crippen LogP) is 1.83. The van der Waals surface area contributed by atoms with Gasteiger partial charge in [0.2, 0.25) is 5.91 Å². The monoisotopic (exact) mass is 632 g/mol. The van der Waals surface area contributed by atoms with Gasteiger partial charge in [-0.25, -0.2) is 4.79 Å². The SMILES string of the molecule is O=C(/C=C/c1cn(C2CC(O)C(CO)O2)c(=O)[nH]c1=O)NCCCOCCNCCOCc1c2ccccc2cc2ccccc12. The summed E-state index contributed by atoms with van der Waals surface area (Å²) in [6.07, 6.45) is 1.86. The second kappa shape index (κ2) is 16.4. The molecule has 0 radical (unpaired) electrons. The maximum Gasteiger partial charge on any atom is 0.330 e. The summed E-state index contributed by atoms with van der Waals surface area (Å²) in [5, 5.41) is 30.1. The van der Waals surface area contributed by atoms with Gasteiger partial charge < -0.3 is 35.1 Å². The van der Waals surface area contributed by atoms with Crippen molar-refractivity contribution in [2.45, 2.75) is 37.9 Å². The minimum absolute atomic E-state index is 0.0728. The van der Waals surface area contributed by atoms with Gasteiger partial charge in [0.15, 0.2) is 0 Å². The quantitative estimate of drug-likeness (QED) is 0.0704. The molecule has 5 N–H and O–H groups in total. The van der Waals surface area contributed by atoms with Crippen LogP contribution in [0.1, 0.15) is 30.2 Å². The number of aromatic amines is 1. The van der Waals surface area contributed by atoms with Gasteiger partial charge in [-0.05, 0) is 45.7 Å². The molecule has 12 heteroatoms. The molecule has 1 aliphatic rings. The Hall–Kier alpha value is -4.17. The summed E-state index contributed by atoms with van der Waals surface area (Å²) in [5.41, 5.74) is -0.0948. The standard InChI is InChI=1S/C34H40N4O8/c39-21-30-29(40)19-32(46-30)38-20-25(33(42)37-34(38)43)10-11-31(41)36-12-5-15-44-16-13-35-14-17-45-22-28-26-8-3-1-6-23(26)18-24-7-2-4-9-27(24)28/h1-4,6-11,18,20,29-30,32,35,39-40H,5,12-17,19,21-22H2,(H,36,41)(H,37,42,43)/b11-10+. The van der Waals surface area contributed by atoms with E-state index in [0.717, 1.165) is 4.57 Å². The van der Waals surface area contributed by atoms with Crippen molar-refractivity contribution in [1.82, 2.24) is 20.2 Å². The first-order valence-corrected chi connectivity index (χ1v) is 15.5. The number of nitrogens with zero attached hydrogens (tertiary/aromatic N) is 1. The molecule has 12 nitrogen and oxygen atoms in total. The lowest BCUT2D eigenvalue weighted by molar-refractivity contribution is -0.116. The van der Waals surface area contributed by atoms with Crippen molar-refractivity contribution in [2.75, 3.05) is 46.1 Å². The molecule has 46 heavy (non-hydrogen) atoms. The Kier molecular flexibility index (Phi) is 11.8. The second-order valence-corrected chi connectivity index (χ2v) is 11.1. The summed E-state index contributed by atoms with van der Waals surface area (Å²) in [5.74, 6) is -0.400. The number of benzene rings is 3. The number of aliphatic hydroxyl groups excluding tert-OH is 2. The molecule has 0 saturated carbocycles. The molecule has 0 bridgehead atoms. The van der Waals surface area contributed by atoms with Gasteiger partial charge in [0.25, 0.3) is 5.56 Å². The van der Waals surface area contributed by atoms with E-state index in [1.807, 2.05) is 0 Å². The van der Waals surface area contributed by atoms with Gasteiger partial charge in [0, 0.05) is 44.9 Å². The fraction of sp³-hybridized carbons (Fsp3) is 0.382. The van der Waals surface area contributed by atoms with E-state index in [1.54, 1.807) is 0 Å². The van der Waals surface area contributed by atoms with E-state index in [9.17, 15) is 24.6 Å². The van der Waals surface area contributed by atoms with E-state index < -0.39 is 42.2 Å². The van der Waals surface area contributed by atoms with Crippen LogP contribution in [0.4, 0.5) is 0 Å². The number of ether oxygens (including phenoxy) is 3. The van der Waals surface area contributed by atoms with Gasteiger partial charge in [-0.15, -0.1) is 0 Å². The summed E-state index contributed by atoms with van der Waals surface area (Å²) in [4.78, 5) is 38.8. The summed E-state index contributed by atoms with van der Waals surface area (Å²) in [7, 11) is 0. The lowest BCUT2D eigenvalue weighted by atomic mass is 9.97. The molecular formula is C34H40N4O8. The highest BCUT2D eigenvalue weighted by Gasteiger charge is 2.35. The first-order valence-electron chi connectivity index (χ1n) is 15.5. The average molecular weight is 633 g/mol. The van der Waals surface area contributed by atoms with Crippen molar-refractivity contribution in [3.63, 3.8) is 0 Å². The highest BCUT2D eigenvalue weighted by molar-refractivity contribution is 6.02. The maximum atomic E-state index is 12.2. The van der Waals surface area contributed by atoms with Crippen LogP contribution in [-0.2, 0) is 25.6 Å². The Bertz CT molecular complexity index is 1710. The number of rotatable bonds is 16. The molecule has 1 amide bonds. The number of nitrogens with one attached hydrogen (secondary N) is 3. The molecule has 5 rings (SSSR count). The Morgan fingerprint density at radius 2 is 1.70 bits per heavy atom. The summed E-state index contributed by atoms with van der Waals surface area (Å²) < 4.78 is 18.3. The summed E-state index contributed by atoms with van der Waals surface area (Å²) >= 11 is 0. The zero-order valence-electron chi connectivity index (χ0n) is 25.5. The van der Waals surface area contributed by atoms with Crippen LogP contribution in [0.15, 0.2) is 76.5 Å². The number of carbonyl (C=O) groups excluding carboxylic acids is 1. The van der Waals surface area contributed by atoms with Crippen LogP contribution in [0.25, 0.3) is 27.6 Å². The second-order valence-electron chi connectivity index (χ2n) is 11.1. The first-order chi connectivity index (χ1) is 22.4. The van der Waals surface area contributed by atoms with Crippen molar-refractivity contribution < 1.29 is 29.2 Å². The van der Waals surface area contributed by atoms with E-state index in [-0.39, 0.29) is 12.0 Å². The van der Waals surface area contributed by atoms with Crippen molar-refractivity contribution in [1.29, 1.82) is 0 Å². The Morgan fingerprint density at radius 3 is 2.39 bits per heavy atom. The van der Waals surface area contributed by atoms with E-state index >= 15 is 0 Å². The van der Waals surface area contributed by atoms with Crippen molar-refractivity contribution in [2.24, 2.45) is 0 Å². The number of H-pyrrole nitrogens is 1. The normalized spacial score (nSPS) is 18.2. The minimum Gasteiger partial charge on any atom is -0.394 e. The molecular weight excluding hydrogens is 592 g/mol. The number of aliphatic hydroxyl groups is 2. The molecule has 1 aliphatic heterocycles. The molecule has 1 saturated heterocycles. The van der Waals surface area contributed by atoms with Crippen molar-refractivity contribution in [3.8, 4) is 0 Å². The number of amides is 1. The zero-order valence-corrected chi connectivity index (χ0v) is 25.5. The topological polar surface area (TPSA) is 164 Å².